The molecular weight excluding hydrogens is 448 g/mol. The molecule has 6 rings (SSSR count). The lowest BCUT2D eigenvalue weighted by Crippen LogP contribution is -2.25. The Kier molecular flexibility index (Phi) is 6.58. The molecule has 0 saturated carbocycles. The summed E-state index contributed by atoms with van der Waals surface area (Å²) in [6.07, 6.45) is 2.92. The van der Waals surface area contributed by atoms with Gasteiger partial charge in [-0.15, -0.1) is 0 Å². The maximum atomic E-state index is 6.42. The lowest BCUT2D eigenvalue weighted by Gasteiger charge is -2.21. The van der Waals surface area contributed by atoms with Crippen molar-refractivity contribution in [3.05, 3.63) is 89.6 Å². The molecule has 4 aromatic rings. The molecule has 5 nitrogen and oxygen atoms in total. The van der Waals surface area contributed by atoms with Crippen molar-refractivity contribution < 1.29 is 14.2 Å². The Bertz CT molecular complexity index is 1360. The van der Waals surface area contributed by atoms with Gasteiger partial charge in [0, 0.05) is 49.3 Å². The highest BCUT2D eigenvalue weighted by Gasteiger charge is 2.23. The van der Waals surface area contributed by atoms with Crippen LogP contribution in [0.3, 0.4) is 0 Å². The highest BCUT2D eigenvalue weighted by Crippen LogP contribution is 2.40. The first-order chi connectivity index (χ1) is 17.7. The average molecular weight is 481 g/mol. The van der Waals surface area contributed by atoms with E-state index in [0.29, 0.717) is 19.1 Å². The molecule has 2 aliphatic heterocycles. The van der Waals surface area contributed by atoms with Gasteiger partial charge in [-0.25, -0.2) is 0 Å². The van der Waals surface area contributed by atoms with Crippen LogP contribution in [0.2, 0.25) is 0 Å². The number of hydrogen-bond acceptors (Lipinski definition) is 5. The van der Waals surface area contributed by atoms with Gasteiger partial charge in [0.25, 0.3) is 0 Å². The highest BCUT2D eigenvalue weighted by molar-refractivity contribution is 5.81. The van der Waals surface area contributed by atoms with Gasteiger partial charge >= 0.3 is 0 Å². The van der Waals surface area contributed by atoms with Crippen molar-refractivity contribution in [1.82, 2.24) is 9.88 Å². The zero-order valence-corrected chi connectivity index (χ0v) is 20.8. The minimum Gasteiger partial charge on any atom is -0.489 e. The molecule has 5 heteroatoms. The van der Waals surface area contributed by atoms with E-state index in [1.807, 2.05) is 12.3 Å². The molecule has 0 bridgehead atoms. The van der Waals surface area contributed by atoms with Crippen LogP contribution >= 0.6 is 0 Å². The van der Waals surface area contributed by atoms with Gasteiger partial charge in [0.2, 0.25) is 0 Å². The second kappa shape index (κ2) is 10.3. The lowest BCUT2D eigenvalue weighted by molar-refractivity contribution is 0.164. The van der Waals surface area contributed by atoms with E-state index in [2.05, 4.69) is 77.5 Å². The van der Waals surface area contributed by atoms with Gasteiger partial charge in [-0.1, -0.05) is 48.5 Å². The van der Waals surface area contributed by atoms with Crippen molar-refractivity contribution in [2.75, 3.05) is 33.0 Å². The van der Waals surface area contributed by atoms with Crippen LogP contribution < -0.4 is 9.47 Å². The van der Waals surface area contributed by atoms with Crippen molar-refractivity contribution in [3.63, 3.8) is 0 Å². The summed E-state index contributed by atoms with van der Waals surface area (Å²) in [5.74, 6) is 2.15. The predicted molar refractivity (Wildman–Crippen MR) is 142 cm³/mol. The molecular formula is C31H32N2O3. The first-order valence-electron chi connectivity index (χ1n) is 12.9. The van der Waals surface area contributed by atoms with E-state index in [1.54, 1.807) is 0 Å². The number of aryl methyl sites for hydroxylation is 1. The van der Waals surface area contributed by atoms with Gasteiger partial charge in [0.05, 0.1) is 18.7 Å². The molecule has 184 valence electrons. The molecule has 3 heterocycles. The molecule has 1 fully saturated rings. The summed E-state index contributed by atoms with van der Waals surface area (Å²) in [4.78, 5) is 7.12. The number of aromatic nitrogens is 1. The molecule has 0 spiro atoms. The molecule has 3 aromatic carbocycles. The van der Waals surface area contributed by atoms with E-state index in [0.717, 1.165) is 56.3 Å². The van der Waals surface area contributed by atoms with Crippen LogP contribution in [0, 0.1) is 12.8 Å². The Morgan fingerprint density at radius 1 is 1.03 bits per heavy atom. The smallest absolute Gasteiger partial charge is 0.165 e. The second-order valence-corrected chi connectivity index (χ2v) is 9.87. The van der Waals surface area contributed by atoms with Gasteiger partial charge in [0.15, 0.2) is 11.5 Å². The van der Waals surface area contributed by atoms with Crippen molar-refractivity contribution in [1.29, 1.82) is 0 Å². The molecule has 1 saturated heterocycles. The number of hydrogen-bond donors (Lipinski definition) is 0. The SMILES string of the molecule is Cc1ccccc1-c1cc2c(c(OC[C@H]3CCOC3)c1)OCCN(Cc1cccc3cccnc13)C2. The van der Waals surface area contributed by atoms with Gasteiger partial charge in [0.1, 0.15) is 6.61 Å². The summed E-state index contributed by atoms with van der Waals surface area (Å²) in [5, 5.41) is 1.18. The summed E-state index contributed by atoms with van der Waals surface area (Å²) < 4.78 is 18.3. The maximum Gasteiger partial charge on any atom is 0.165 e. The second-order valence-electron chi connectivity index (χ2n) is 9.87. The van der Waals surface area contributed by atoms with Gasteiger partial charge < -0.3 is 14.2 Å². The van der Waals surface area contributed by atoms with Gasteiger partial charge in [-0.2, -0.15) is 0 Å². The molecule has 36 heavy (non-hydrogen) atoms. The van der Waals surface area contributed by atoms with Crippen LogP contribution in [-0.2, 0) is 17.8 Å². The maximum absolute atomic E-state index is 6.42. The first kappa shape index (κ1) is 23.0. The molecule has 0 radical (unpaired) electrons. The minimum atomic E-state index is 0.434. The Morgan fingerprint density at radius 3 is 2.83 bits per heavy atom. The van der Waals surface area contributed by atoms with E-state index >= 15 is 0 Å². The van der Waals surface area contributed by atoms with Crippen molar-refractivity contribution in [3.8, 4) is 22.6 Å². The fraction of sp³-hybridized carbons (Fsp3) is 0.323. The topological polar surface area (TPSA) is 43.8 Å². The lowest BCUT2D eigenvalue weighted by atomic mass is 9.97. The first-order valence-corrected chi connectivity index (χ1v) is 12.9. The van der Waals surface area contributed by atoms with E-state index < -0.39 is 0 Å². The van der Waals surface area contributed by atoms with Gasteiger partial charge in [-0.05, 0) is 53.8 Å². The normalized spacial score (nSPS) is 18.0. The van der Waals surface area contributed by atoms with E-state index in [1.165, 1.54) is 33.2 Å². The standard InChI is InChI=1S/C31H32N2O3/c1-22-6-2-3-10-28(22)26-16-27-19-33(18-25-8-4-7-24-9-5-12-32-30(24)25)13-15-35-31(27)29(17-26)36-21-23-11-14-34-20-23/h2-10,12,16-17,23H,11,13-15,18-21H2,1H3/t23-/m0/s1. The molecule has 2 aliphatic rings. The summed E-state index contributed by atoms with van der Waals surface area (Å²) in [6.45, 7) is 7.48. The number of pyridine rings is 1. The number of fused-ring (bicyclic) bond motifs is 2. The third-order valence-corrected chi connectivity index (χ3v) is 7.24. The molecule has 0 aliphatic carbocycles. The molecule has 0 amide bonds. The van der Waals surface area contributed by atoms with Crippen LogP contribution in [0.25, 0.3) is 22.0 Å². The highest BCUT2D eigenvalue weighted by atomic mass is 16.5. The van der Waals surface area contributed by atoms with Crippen LogP contribution in [0.5, 0.6) is 11.5 Å². The summed E-state index contributed by atoms with van der Waals surface area (Å²) in [7, 11) is 0. The fourth-order valence-corrected chi connectivity index (χ4v) is 5.29. The third kappa shape index (κ3) is 4.81. The Balaban J connectivity index is 1.34. The molecule has 0 unspecified atom stereocenters. The summed E-state index contributed by atoms with van der Waals surface area (Å²) in [6, 6.07) is 23.5. The summed E-state index contributed by atoms with van der Waals surface area (Å²) in [5.41, 5.74) is 7.12. The molecule has 0 N–H and O–H groups in total. The molecule has 1 aromatic heterocycles. The third-order valence-electron chi connectivity index (χ3n) is 7.24. The molecule has 1 atom stereocenters. The fourth-order valence-electron chi connectivity index (χ4n) is 5.29. The average Bonchev–Trinajstić information content (AvgIpc) is 3.34. The van der Waals surface area contributed by atoms with Crippen molar-refractivity contribution in [2.24, 2.45) is 5.92 Å². The van der Waals surface area contributed by atoms with Crippen LogP contribution in [0.1, 0.15) is 23.1 Å². The van der Waals surface area contributed by atoms with Crippen LogP contribution in [0.15, 0.2) is 72.9 Å². The Hall–Kier alpha value is -3.41. The monoisotopic (exact) mass is 480 g/mol. The predicted octanol–water partition coefficient (Wildman–Crippen LogP) is 6.02. The van der Waals surface area contributed by atoms with E-state index in [9.17, 15) is 0 Å². The summed E-state index contributed by atoms with van der Waals surface area (Å²) >= 11 is 0. The quantitative estimate of drug-likeness (QED) is 0.338. The zero-order valence-electron chi connectivity index (χ0n) is 20.8. The number of ether oxygens (including phenoxy) is 3. The van der Waals surface area contributed by atoms with Crippen LogP contribution in [0.4, 0.5) is 0 Å². The van der Waals surface area contributed by atoms with Crippen molar-refractivity contribution >= 4 is 10.9 Å². The Morgan fingerprint density at radius 2 is 1.94 bits per heavy atom. The van der Waals surface area contributed by atoms with E-state index in [4.69, 9.17) is 14.2 Å². The zero-order chi connectivity index (χ0) is 24.3. The largest absolute Gasteiger partial charge is 0.489 e. The van der Waals surface area contributed by atoms with Crippen molar-refractivity contribution in [2.45, 2.75) is 26.4 Å². The van der Waals surface area contributed by atoms with Crippen LogP contribution in [-0.4, -0.2) is 42.9 Å². The van der Waals surface area contributed by atoms with Gasteiger partial charge in [-0.3, -0.25) is 9.88 Å². The number of benzene rings is 3. The number of nitrogens with zero attached hydrogens (tertiary/aromatic N) is 2. The number of rotatable bonds is 6. The minimum absolute atomic E-state index is 0.434. The Labute approximate surface area is 212 Å². The van der Waals surface area contributed by atoms with E-state index in [-0.39, 0.29) is 0 Å². The number of para-hydroxylation sites is 1.